The zero-order chi connectivity index (χ0) is 18.9. The summed E-state index contributed by atoms with van der Waals surface area (Å²) in [6.45, 7) is -0.780. The van der Waals surface area contributed by atoms with Gasteiger partial charge in [0, 0.05) is 12.2 Å². The van der Waals surface area contributed by atoms with Crippen LogP contribution in [0.25, 0.3) is 0 Å². The number of hydrogen-bond donors (Lipinski definition) is 3. The molecule has 140 valence electrons. The zero-order valence-electron chi connectivity index (χ0n) is 14.2. The minimum absolute atomic E-state index is 0. The van der Waals surface area contributed by atoms with Crippen LogP contribution in [0, 0.1) is 3.57 Å². The van der Waals surface area contributed by atoms with E-state index in [0.29, 0.717) is 0 Å². The summed E-state index contributed by atoms with van der Waals surface area (Å²) >= 11 is 1.64. The molecule has 2 heterocycles. The van der Waals surface area contributed by atoms with E-state index < -0.39 is 62.1 Å². The molecule has 0 radical (unpaired) electrons. The molecule has 0 saturated carbocycles. The van der Waals surface area contributed by atoms with Crippen LogP contribution in [0.1, 0.15) is 6.23 Å². The molecule has 16 heteroatoms. The van der Waals surface area contributed by atoms with Crippen molar-refractivity contribution in [2.24, 2.45) is 0 Å². The number of carbonyl (C=O) groups excluding carboxylic acids is 1. The van der Waals surface area contributed by atoms with Crippen molar-refractivity contribution in [3.05, 3.63) is 30.6 Å². The van der Waals surface area contributed by atoms with Crippen molar-refractivity contribution in [2.75, 3.05) is 12.8 Å². The molecule has 0 bridgehead atoms. The Balaban J connectivity index is 0.00000338. The van der Waals surface area contributed by atoms with Crippen molar-refractivity contribution in [1.82, 2.24) is 9.55 Å². The maximum Gasteiger partial charge on any atom is 1.00 e. The second kappa shape index (κ2) is 11.3. The molecule has 0 amide bonds. The van der Waals surface area contributed by atoms with E-state index in [1.54, 1.807) is 22.6 Å². The Morgan fingerprint density at radius 3 is 2.52 bits per heavy atom. The van der Waals surface area contributed by atoms with E-state index in [1.807, 2.05) is 4.98 Å². The number of H-pyrrole nitrogens is 1. The number of nitrogens with one attached hydrogen (secondary N) is 1. The summed E-state index contributed by atoms with van der Waals surface area (Å²) in [4.78, 5) is 46.8. The molecule has 27 heavy (non-hydrogen) atoms. The molecule has 3 N–H and O–H groups in total. The summed E-state index contributed by atoms with van der Waals surface area (Å²) in [7, 11) is -4.76. The van der Waals surface area contributed by atoms with Gasteiger partial charge in [-0.1, -0.05) is 0 Å². The van der Waals surface area contributed by atoms with Crippen LogP contribution in [0.2, 0.25) is 0 Å². The Labute approximate surface area is 209 Å². The maximum absolute atomic E-state index is 11.8. The fourth-order valence-electron chi connectivity index (χ4n) is 2.14. The molecule has 0 aliphatic carbocycles. The van der Waals surface area contributed by atoms with E-state index in [1.165, 1.54) is 0 Å². The number of aliphatic hydroxyl groups is 2. The fraction of sp³-hybridized carbons (Fsp3) is 0.545. The first-order valence-corrected chi connectivity index (χ1v) is 9.49. The minimum Gasteiger partial charge on any atom is -0.778 e. The predicted molar refractivity (Wildman–Crippen MR) is 83.4 cm³/mol. The van der Waals surface area contributed by atoms with Crippen molar-refractivity contribution in [1.29, 1.82) is 0 Å². The van der Waals surface area contributed by atoms with Gasteiger partial charge in [0.25, 0.3) is 5.56 Å². The van der Waals surface area contributed by atoms with Gasteiger partial charge in [-0.2, -0.15) is 0 Å². The van der Waals surface area contributed by atoms with Crippen molar-refractivity contribution in [2.45, 2.75) is 24.5 Å². The first kappa shape index (κ1) is 27.9. The maximum atomic E-state index is 11.8. The number of carbonyl (C=O) groups is 1. The van der Waals surface area contributed by atoms with Gasteiger partial charge in [-0.05, 0) is 22.6 Å². The molecular weight excluding hydrogens is 524 g/mol. The first-order valence-electron chi connectivity index (χ1n) is 6.69. The molecule has 1 aliphatic rings. The molecule has 1 fully saturated rings. The number of ether oxygens (including phenoxy) is 1. The summed E-state index contributed by atoms with van der Waals surface area (Å²) in [6, 6.07) is 0. The number of aliphatic carboxylic acids is 1. The van der Waals surface area contributed by atoms with Crippen molar-refractivity contribution < 1.29 is 97.9 Å². The third kappa shape index (κ3) is 7.27. The van der Waals surface area contributed by atoms with Crippen LogP contribution in [0.4, 0.5) is 0 Å². The molecule has 1 saturated heterocycles. The molecule has 2 rings (SSSR count). The quantitative estimate of drug-likeness (QED) is 0.179. The first-order chi connectivity index (χ1) is 11.5. The van der Waals surface area contributed by atoms with Gasteiger partial charge < -0.3 is 38.8 Å². The van der Waals surface area contributed by atoms with E-state index >= 15 is 0 Å². The molecular formula is C11H12IN2Na2O10P. The van der Waals surface area contributed by atoms with Crippen LogP contribution in [0.5, 0.6) is 0 Å². The molecule has 1 unspecified atom stereocenters. The van der Waals surface area contributed by atoms with Crippen LogP contribution in [0.3, 0.4) is 0 Å². The number of hydrogen-bond acceptors (Lipinski definition) is 10. The van der Waals surface area contributed by atoms with Gasteiger partial charge in [0.05, 0.1) is 16.3 Å². The summed E-state index contributed by atoms with van der Waals surface area (Å²) in [5, 5.41) is 30.2. The van der Waals surface area contributed by atoms with E-state index in [9.17, 15) is 39.2 Å². The predicted octanol–water partition coefficient (Wildman–Crippen LogP) is -9.91. The Morgan fingerprint density at radius 1 is 1.37 bits per heavy atom. The smallest absolute Gasteiger partial charge is 0.778 e. The molecule has 0 spiro atoms. The molecule has 0 aromatic carbocycles. The van der Waals surface area contributed by atoms with Gasteiger partial charge in [0.15, 0.2) is 6.23 Å². The van der Waals surface area contributed by atoms with Gasteiger partial charge in [-0.15, -0.1) is 0 Å². The van der Waals surface area contributed by atoms with Crippen LogP contribution in [0.15, 0.2) is 15.8 Å². The second-order valence-electron chi connectivity index (χ2n) is 5.13. The van der Waals surface area contributed by atoms with E-state index in [-0.39, 0.29) is 62.7 Å². The fourth-order valence-corrected chi connectivity index (χ4v) is 3.35. The topological polar surface area (TPSA) is 194 Å². The van der Waals surface area contributed by atoms with E-state index in [4.69, 9.17) is 4.74 Å². The van der Waals surface area contributed by atoms with Gasteiger partial charge in [0.2, 0.25) is 0 Å². The zero-order valence-corrected chi connectivity index (χ0v) is 21.3. The molecule has 1 aromatic rings. The summed E-state index contributed by atoms with van der Waals surface area (Å²) < 4.78 is 22.0. The number of carboxylic acid groups (broad SMARTS) is 1. The third-order valence-electron chi connectivity index (χ3n) is 3.29. The van der Waals surface area contributed by atoms with Gasteiger partial charge in [0.1, 0.15) is 25.9 Å². The number of aliphatic hydroxyl groups excluding tert-OH is 2. The van der Waals surface area contributed by atoms with Crippen molar-refractivity contribution in [3.8, 4) is 0 Å². The monoisotopic (exact) mass is 536 g/mol. The molecule has 12 nitrogen and oxygen atoms in total. The number of carboxylic acids is 1. The SMILES string of the molecule is O=C([O-])CP(=O)([O-])OC[C@H]1O[C@@H](n2cc(I)c(=O)[nH]c2=O)[C@@H](O)[C@@H]1O.[Na+].[Na+]. The van der Waals surface area contributed by atoms with Crippen molar-refractivity contribution in [3.63, 3.8) is 0 Å². The van der Waals surface area contributed by atoms with Gasteiger partial charge in [-0.3, -0.25) is 14.3 Å². The van der Waals surface area contributed by atoms with E-state index in [0.717, 1.165) is 10.8 Å². The molecule has 1 aliphatic heterocycles. The summed E-state index contributed by atoms with van der Waals surface area (Å²) in [6.07, 6.45) is -6.28. The molecule has 1 aromatic heterocycles. The standard InChI is InChI=1S/C11H14IN2O10P.2Na/c12-4-1-14(11(20)13-9(4)19)10-8(18)7(17)5(24-10)2-23-25(21,22)3-6(15)16;;/h1,5,7-8,10,17-18H,2-3H2,(H,15,16)(H,21,22)(H,13,19,20);;/q;2*+1/p-2/t5-,7-,8+,10-;;/m1../s1. The number of rotatable bonds is 6. The molecule has 5 atom stereocenters. The van der Waals surface area contributed by atoms with Crippen LogP contribution < -0.4 is 80.4 Å². The van der Waals surface area contributed by atoms with Crippen LogP contribution in [-0.2, 0) is 18.6 Å². The van der Waals surface area contributed by atoms with Gasteiger partial charge >= 0.3 is 64.8 Å². The Bertz CT molecular complexity index is 832. The van der Waals surface area contributed by atoms with E-state index in [2.05, 4.69) is 4.52 Å². The number of aromatic nitrogens is 2. The summed E-state index contributed by atoms with van der Waals surface area (Å²) in [5.41, 5.74) is -1.56. The Morgan fingerprint density at radius 2 is 1.96 bits per heavy atom. The van der Waals surface area contributed by atoms with Crippen LogP contribution >= 0.6 is 30.2 Å². The summed E-state index contributed by atoms with van der Waals surface area (Å²) in [5.74, 6) is -1.86. The number of halogens is 1. The average Bonchev–Trinajstić information content (AvgIpc) is 2.76. The second-order valence-corrected chi connectivity index (χ2v) is 8.09. The minimum atomic E-state index is -4.76. The Hall–Kier alpha value is 0.910. The van der Waals surface area contributed by atoms with Gasteiger partial charge in [-0.25, -0.2) is 4.79 Å². The largest absolute Gasteiger partial charge is 1.00 e. The third-order valence-corrected chi connectivity index (χ3v) is 5.25. The Kier molecular flexibility index (Phi) is 11.7. The average molecular weight is 536 g/mol. The number of aromatic amines is 1. The number of nitrogens with zero attached hydrogens (tertiary/aromatic N) is 1. The van der Waals surface area contributed by atoms with Crippen LogP contribution in [-0.4, -0.2) is 56.8 Å². The van der Waals surface area contributed by atoms with Crippen molar-refractivity contribution >= 4 is 36.2 Å². The normalized spacial score (nSPS) is 26.5.